The van der Waals surface area contributed by atoms with Gasteiger partial charge in [-0.1, -0.05) is 30.3 Å². The van der Waals surface area contributed by atoms with E-state index in [1.165, 1.54) is 4.68 Å². The first kappa shape index (κ1) is 17.0. The van der Waals surface area contributed by atoms with Crippen molar-refractivity contribution in [2.45, 2.75) is 37.0 Å². The van der Waals surface area contributed by atoms with Gasteiger partial charge in [-0.05, 0) is 5.56 Å². The van der Waals surface area contributed by atoms with Crippen molar-refractivity contribution < 1.29 is 23.1 Å². The maximum atomic E-state index is 14.4. The fourth-order valence-electron chi connectivity index (χ4n) is 3.65. The predicted octanol–water partition coefficient (Wildman–Crippen LogP) is 2.12. The molecule has 3 heterocycles. The minimum Gasteiger partial charge on any atom is -0.394 e. The largest absolute Gasteiger partial charge is 0.394 e. The molecule has 1 aromatic carbocycles. The Balaban J connectivity index is 1.64. The lowest BCUT2D eigenvalue weighted by Gasteiger charge is -2.20. The third-order valence-electron chi connectivity index (χ3n) is 4.89. The summed E-state index contributed by atoms with van der Waals surface area (Å²) in [5.41, 5.74) is 0.832. The number of aliphatic hydroxyl groups excluding tert-OH is 1. The average Bonchev–Trinajstić information content (AvgIpc) is 3.28. The van der Waals surface area contributed by atoms with Crippen LogP contribution in [0.5, 0.6) is 0 Å². The summed E-state index contributed by atoms with van der Waals surface area (Å²) < 4.78 is 42.9. The van der Waals surface area contributed by atoms with Gasteiger partial charge in [0, 0.05) is 12.8 Å². The van der Waals surface area contributed by atoms with E-state index >= 15 is 0 Å². The maximum Gasteiger partial charge on any atom is 0.294 e. The highest BCUT2D eigenvalue weighted by Crippen LogP contribution is 2.39. The molecule has 1 N–H and O–H groups in total. The molecule has 9 heteroatoms. The van der Waals surface area contributed by atoms with E-state index in [2.05, 4.69) is 10.1 Å². The van der Waals surface area contributed by atoms with Gasteiger partial charge in [-0.3, -0.25) is 4.79 Å². The Bertz CT molecular complexity index is 827. The van der Waals surface area contributed by atoms with Crippen LogP contribution in [0.2, 0.25) is 0 Å². The molecule has 2 aromatic rings. The molecular formula is C17H17F3N4O2. The van der Waals surface area contributed by atoms with Gasteiger partial charge >= 0.3 is 0 Å². The molecule has 0 bridgehead atoms. The van der Waals surface area contributed by atoms with Crippen LogP contribution in [0.15, 0.2) is 30.3 Å². The van der Waals surface area contributed by atoms with Gasteiger partial charge in [-0.25, -0.2) is 22.8 Å². The average molecular weight is 366 g/mol. The number of aromatic nitrogens is 3. The summed E-state index contributed by atoms with van der Waals surface area (Å²) in [5, 5.41) is 13.4. The number of likely N-dealkylation sites (tertiary alicyclic amines) is 1. The topological polar surface area (TPSA) is 71.2 Å². The number of fused-ring (bicyclic) bond motifs is 1. The lowest BCUT2D eigenvalue weighted by molar-refractivity contribution is 0.0114. The Morgan fingerprint density at radius 3 is 2.73 bits per heavy atom. The van der Waals surface area contributed by atoms with Crippen LogP contribution >= 0.6 is 0 Å². The van der Waals surface area contributed by atoms with E-state index in [4.69, 9.17) is 0 Å². The summed E-state index contributed by atoms with van der Waals surface area (Å²) in [6.07, 6.45) is -1.83. The number of rotatable bonds is 3. The van der Waals surface area contributed by atoms with Crippen molar-refractivity contribution in [3.8, 4) is 0 Å². The first-order valence-corrected chi connectivity index (χ1v) is 8.35. The molecule has 0 unspecified atom stereocenters. The molecule has 1 fully saturated rings. The van der Waals surface area contributed by atoms with Crippen LogP contribution in [0.3, 0.4) is 0 Å². The second-order valence-corrected chi connectivity index (χ2v) is 6.70. The number of halogens is 3. The van der Waals surface area contributed by atoms with E-state index < -0.39 is 49.7 Å². The van der Waals surface area contributed by atoms with Crippen molar-refractivity contribution in [1.82, 2.24) is 19.7 Å². The van der Waals surface area contributed by atoms with Crippen molar-refractivity contribution in [3.05, 3.63) is 47.5 Å². The second kappa shape index (κ2) is 6.08. The van der Waals surface area contributed by atoms with Gasteiger partial charge in [-0.2, -0.15) is 0 Å². The van der Waals surface area contributed by atoms with Gasteiger partial charge in [-0.15, -0.1) is 5.10 Å². The van der Waals surface area contributed by atoms with Gasteiger partial charge in [0.25, 0.3) is 11.8 Å². The smallest absolute Gasteiger partial charge is 0.294 e. The Morgan fingerprint density at radius 1 is 1.31 bits per heavy atom. The van der Waals surface area contributed by atoms with Gasteiger partial charge in [0.2, 0.25) is 5.82 Å². The zero-order valence-corrected chi connectivity index (χ0v) is 13.7. The Morgan fingerprint density at radius 2 is 2.04 bits per heavy atom. The molecule has 1 amide bonds. The number of hydrogen-bond acceptors (Lipinski definition) is 4. The SMILES string of the molecule is O=C(c1nc2n(n1)[C@H](c1ccccc1)C[C@@H]2F)N1CC(F)(F)C[C@H]1CO. The number of hydrogen-bond donors (Lipinski definition) is 1. The Labute approximate surface area is 147 Å². The van der Waals surface area contributed by atoms with Crippen molar-refractivity contribution >= 4 is 5.91 Å². The molecule has 0 radical (unpaired) electrons. The lowest BCUT2D eigenvalue weighted by atomic mass is 10.0. The van der Waals surface area contributed by atoms with Crippen LogP contribution in [0.1, 0.15) is 47.1 Å². The summed E-state index contributed by atoms with van der Waals surface area (Å²) in [6, 6.07) is 7.75. The monoisotopic (exact) mass is 366 g/mol. The Kier molecular flexibility index (Phi) is 3.98. The zero-order chi connectivity index (χ0) is 18.5. The van der Waals surface area contributed by atoms with Gasteiger partial charge < -0.3 is 10.0 Å². The lowest BCUT2D eigenvalue weighted by Crippen LogP contribution is -2.39. The van der Waals surface area contributed by atoms with Gasteiger partial charge in [0.05, 0.1) is 25.2 Å². The molecule has 2 aliphatic heterocycles. The fraction of sp³-hybridized carbons (Fsp3) is 0.471. The number of alkyl halides is 3. The van der Waals surface area contributed by atoms with Crippen LogP contribution < -0.4 is 0 Å². The van der Waals surface area contributed by atoms with Crippen molar-refractivity contribution in [3.63, 3.8) is 0 Å². The molecule has 4 rings (SSSR count). The molecule has 1 aromatic heterocycles. The molecule has 138 valence electrons. The normalized spacial score (nSPS) is 26.9. The summed E-state index contributed by atoms with van der Waals surface area (Å²) in [4.78, 5) is 17.4. The van der Waals surface area contributed by atoms with Crippen LogP contribution in [-0.2, 0) is 0 Å². The van der Waals surface area contributed by atoms with E-state index in [1.807, 2.05) is 30.3 Å². The Hall–Kier alpha value is -2.42. The first-order valence-electron chi connectivity index (χ1n) is 8.35. The highest BCUT2D eigenvalue weighted by Gasteiger charge is 2.48. The molecule has 0 aliphatic carbocycles. The summed E-state index contributed by atoms with van der Waals surface area (Å²) in [6.45, 7) is -1.38. The number of amides is 1. The third-order valence-corrected chi connectivity index (χ3v) is 4.89. The van der Waals surface area contributed by atoms with Crippen molar-refractivity contribution in [2.75, 3.05) is 13.2 Å². The molecule has 6 nitrogen and oxygen atoms in total. The highest BCUT2D eigenvalue weighted by atomic mass is 19.3. The maximum absolute atomic E-state index is 14.4. The van der Waals surface area contributed by atoms with E-state index in [0.29, 0.717) is 0 Å². The number of carbonyl (C=O) groups is 1. The van der Waals surface area contributed by atoms with Crippen LogP contribution in [-0.4, -0.2) is 55.8 Å². The van der Waals surface area contributed by atoms with Crippen LogP contribution in [0.25, 0.3) is 0 Å². The second-order valence-electron chi connectivity index (χ2n) is 6.70. The predicted molar refractivity (Wildman–Crippen MR) is 84.5 cm³/mol. The molecular weight excluding hydrogens is 349 g/mol. The summed E-state index contributed by atoms with van der Waals surface area (Å²) in [7, 11) is 0. The van der Waals surface area contributed by atoms with Crippen LogP contribution in [0, 0.1) is 0 Å². The minimum absolute atomic E-state index is 0.0220. The zero-order valence-electron chi connectivity index (χ0n) is 13.7. The molecule has 26 heavy (non-hydrogen) atoms. The standard InChI is InChI=1S/C17H17F3N4O2/c18-12-6-13(10-4-2-1-3-5-10)24-15(12)21-14(22-24)16(26)23-9-17(19,20)7-11(23)8-25/h1-5,11-13,25H,6-9H2/t11-,12-,13-/m0/s1. The van der Waals surface area contributed by atoms with E-state index in [-0.39, 0.29) is 18.1 Å². The van der Waals surface area contributed by atoms with Crippen molar-refractivity contribution in [2.24, 2.45) is 0 Å². The van der Waals surface area contributed by atoms with Crippen LogP contribution in [0.4, 0.5) is 13.2 Å². The number of benzene rings is 1. The van der Waals surface area contributed by atoms with Crippen molar-refractivity contribution in [1.29, 1.82) is 0 Å². The van der Waals surface area contributed by atoms with E-state index in [0.717, 1.165) is 10.5 Å². The molecule has 2 aliphatic rings. The minimum atomic E-state index is -3.07. The fourth-order valence-corrected chi connectivity index (χ4v) is 3.65. The molecule has 0 spiro atoms. The summed E-state index contributed by atoms with van der Waals surface area (Å²) in [5.74, 6) is -4.18. The molecule has 1 saturated heterocycles. The van der Waals surface area contributed by atoms with E-state index in [9.17, 15) is 23.1 Å². The molecule has 0 saturated carbocycles. The number of carbonyl (C=O) groups excluding carboxylic acids is 1. The van der Waals surface area contributed by atoms with Gasteiger partial charge in [0.15, 0.2) is 12.0 Å². The number of aliphatic hydroxyl groups is 1. The highest BCUT2D eigenvalue weighted by molar-refractivity contribution is 5.91. The summed E-state index contributed by atoms with van der Waals surface area (Å²) >= 11 is 0. The van der Waals surface area contributed by atoms with Gasteiger partial charge in [0.1, 0.15) is 0 Å². The quantitative estimate of drug-likeness (QED) is 0.903. The number of nitrogens with zero attached hydrogens (tertiary/aromatic N) is 4. The third kappa shape index (κ3) is 2.76. The first-order chi connectivity index (χ1) is 12.4. The molecule has 3 atom stereocenters. The van der Waals surface area contributed by atoms with E-state index in [1.54, 1.807) is 0 Å².